The molecule has 0 aliphatic carbocycles. The minimum atomic E-state index is 0.259. The molecule has 1 N–H and O–H groups in total. The lowest BCUT2D eigenvalue weighted by molar-refractivity contribution is 0.174. The van der Waals surface area contributed by atoms with Crippen molar-refractivity contribution in [3.05, 3.63) is 76.3 Å². The molecule has 0 radical (unpaired) electrons. The normalized spacial score (nSPS) is 12.0. The fraction of sp³-hybridized carbons (Fsp3) is 0.217. The zero-order chi connectivity index (χ0) is 20.2. The van der Waals surface area contributed by atoms with E-state index in [4.69, 9.17) is 30.5 Å². The van der Waals surface area contributed by atoms with Crippen molar-refractivity contribution in [2.45, 2.75) is 20.1 Å². The number of benzene rings is 3. The van der Waals surface area contributed by atoms with E-state index in [9.17, 15) is 0 Å². The maximum atomic E-state index is 6.51. The van der Waals surface area contributed by atoms with Crippen LogP contribution in [0.4, 0.5) is 5.69 Å². The standard InChI is InChI=1S/C23H22ClNO4/c1-15-5-3-4-6-17(15)13-27-23-19(24)9-16(10-22(23)26-2)12-25-18-7-8-20-21(11-18)29-14-28-20/h3-11,25H,12-14H2,1-2H3. The number of ether oxygens (including phenoxy) is 4. The van der Waals surface area contributed by atoms with E-state index in [1.807, 2.05) is 48.5 Å². The van der Waals surface area contributed by atoms with Crippen molar-refractivity contribution >= 4 is 17.3 Å². The molecule has 0 aromatic heterocycles. The molecule has 0 fully saturated rings. The van der Waals surface area contributed by atoms with Crippen LogP contribution in [0.15, 0.2) is 54.6 Å². The fourth-order valence-corrected chi connectivity index (χ4v) is 3.44. The zero-order valence-electron chi connectivity index (χ0n) is 16.3. The minimum Gasteiger partial charge on any atom is -0.493 e. The van der Waals surface area contributed by atoms with Gasteiger partial charge in [-0.15, -0.1) is 0 Å². The van der Waals surface area contributed by atoms with Gasteiger partial charge in [0.15, 0.2) is 23.0 Å². The first-order chi connectivity index (χ1) is 14.1. The molecule has 0 saturated carbocycles. The Bertz CT molecular complexity index is 1020. The van der Waals surface area contributed by atoms with Crippen molar-refractivity contribution in [2.75, 3.05) is 19.2 Å². The Hall–Kier alpha value is -3.05. The van der Waals surface area contributed by atoms with Crippen LogP contribution >= 0.6 is 11.6 Å². The third kappa shape index (κ3) is 4.35. The van der Waals surface area contributed by atoms with Gasteiger partial charge in [0.1, 0.15) is 6.61 Å². The maximum absolute atomic E-state index is 6.51. The highest BCUT2D eigenvalue weighted by Crippen LogP contribution is 2.38. The average molecular weight is 412 g/mol. The van der Waals surface area contributed by atoms with Gasteiger partial charge in [-0.3, -0.25) is 0 Å². The first-order valence-corrected chi connectivity index (χ1v) is 9.69. The number of methoxy groups -OCH3 is 1. The summed E-state index contributed by atoms with van der Waals surface area (Å²) in [6.07, 6.45) is 0. The molecule has 4 rings (SSSR count). The summed E-state index contributed by atoms with van der Waals surface area (Å²) in [7, 11) is 1.61. The largest absolute Gasteiger partial charge is 0.493 e. The summed E-state index contributed by atoms with van der Waals surface area (Å²) in [4.78, 5) is 0. The van der Waals surface area contributed by atoms with Crippen LogP contribution in [0.1, 0.15) is 16.7 Å². The highest BCUT2D eigenvalue weighted by molar-refractivity contribution is 6.32. The van der Waals surface area contributed by atoms with Gasteiger partial charge < -0.3 is 24.3 Å². The molecular formula is C23H22ClNO4. The molecule has 0 spiro atoms. The van der Waals surface area contributed by atoms with Crippen LogP contribution in [0.2, 0.25) is 5.02 Å². The number of rotatable bonds is 7. The topological polar surface area (TPSA) is 49.0 Å². The number of aryl methyl sites for hydroxylation is 1. The van der Waals surface area contributed by atoms with Crippen molar-refractivity contribution < 1.29 is 18.9 Å². The van der Waals surface area contributed by atoms with Crippen LogP contribution in [0.25, 0.3) is 0 Å². The lowest BCUT2D eigenvalue weighted by atomic mass is 10.1. The predicted octanol–water partition coefficient (Wildman–Crippen LogP) is 5.58. The second kappa shape index (κ2) is 8.53. The summed E-state index contributed by atoms with van der Waals surface area (Å²) < 4.78 is 22.3. The smallest absolute Gasteiger partial charge is 0.231 e. The minimum absolute atomic E-state index is 0.259. The van der Waals surface area contributed by atoms with Crippen molar-refractivity contribution in [3.63, 3.8) is 0 Å². The van der Waals surface area contributed by atoms with Crippen LogP contribution < -0.4 is 24.3 Å². The van der Waals surface area contributed by atoms with Gasteiger partial charge >= 0.3 is 0 Å². The highest BCUT2D eigenvalue weighted by Gasteiger charge is 2.15. The van der Waals surface area contributed by atoms with E-state index >= 15 is 0 Å². The molecule has 0 unspecified atom stereocenters. The van der Waals surface area contributed by atoms with Crippen molar-refractivity contribution in [2.24, 2.45) is 0 Å². The van der Waals surface area contributed by atoms with Crippen LogP contribution in [0.3, 0.4) is 0 Å². The molecule has 6 heteroatoms. The Labute approximate surface area is 175 Å². The lowest BCUT2D eigenvalue weighted by Crippen LogP contribution is -2.03. The van der Waals surface area contributed by atoms with Gasteiger partial charge in [0.2, 0.25) is 6.79 Å². The fourth-order valence-electron chi connectivity index (χ4n) is 3.15. The van der Waals surface area contributed by atoms with Crippen LogP contribution in [-0.4, -0.2) is 13.9 Å². The molecular weight excluding hydrogens is 390 g/mol. The zero-order valence-corrected chi connectivity index (χ0v) is 17.1. The highest BCUT2D eigenvalue weighted by atomic mass is 35.5. The Kier molecular flexibility index (Phi) is 5.67. The summed E-state index contributed by atoms with van der Waals surface area (Å²) >= 11 is 6.51. The molecule has 1 heterocycles. The SMILES string of the molecule is COc1cc(CNc2ccc3c(c2)OCO3)cc(Cl)c1OCc1ccccc1C. The molecule has 1 aliphatic heterocycles. The molecule has 3 aromatic rings. The monoisotopic (exact) mass is 411 g/mol. The maximum Gasteiger partial charge on any atom is 0.231 e. The number of halogens is 1. The third-order valence-electron chi connectivity index (χ3n) is 4.79. The van der Waals surface area contributed by atoms with Gasteiger partial charge in [-0.05, 0) is 47.9 Å². The van der Waals surface area contributed by atoms with Crippen molar-refractivity contribution in [1.29, 1.82) is 0 Å². The van der Waals surface area contributed by atoms with Crippen molar-refractivity contribution in [3.8, 4) is 23.0 Å². The quantitative estimate of drug-likeness (QED) is 0.550. The number of nitrogens with one attached hydrogen (secondary N) is 1. The Morgan fingerprint density at radius 1 is 1.03 bits per heavy atom. The van der Waals surface area contributed by atoms with E-state index in [0.29, 0.717) is 29.7 Å². The van der Waals surface area contributed by atoms with Crippen LogP contribution in [0, 0.1) is 6.92 Å². The molecule has 150 valence electrons. The Balaban J connectivity index is 1.46. The summed E-state index contributed by atoms with van der Waals surface area (Å²) in [6, 6.07) is 17.7. The predicted molar refractivity (Wildman–Crippen MR) is 113 cm³/mol. The van der Waals surface area contributed by atoms with E-state index < -0.39 is 0 Å². The summed E-state index contributed by atoms with van der Waals surface area (Å²) in [5.41, 5.74) is 4.20. The molecule has 0 atom stereocenters. The van der Waals surface area contributed by atoms with Gasteiger partial charge in [-0.25, -0.2) is 0 Å². The van der Waals surface area contributed by atoms with Crippen molar-refractivity contribution in [1.82, 2.24) is 0 Å². The average Bonchev–Trinajstić information content (AvgIpc) is 3.20. The molecule has 1 aliphatic rings. The lowest BCUT2D eigenvalue weighted by Gasteiger charge is -2.16. The first kappa shape index (κ1) is 19.3. The molecule has 5 nitrogen and oxygen atoms in total. The second-order valence-corrected chi connectivity index (χ2v) is 7.15. The molecule has 0 amide bonds. The van der Waals surface area contributed by atoms with E-state index in [-0.39, 0.29) is 6.79 Å². The first-order valence-electron chi connectivity index (χ1n) is 9.31. The van der Waals surface area contributed by atoms with Gasteiger partial charge in [-0.1, -0.05) is 35.9 Å². The van der Waals surface area contributed by atoms with E-state index in [1.165, 1.54) is 5.56 Å². The number of fused-ring (bicyclic) bond motifs is 1. The molecule has 3 aromatic carbocycles. The van der Waals surface area contributed by atoms with E-state index in [2.05, 4.69) is 18.3 Å². The molecule has 0 saturated heterocycles. The van der Waals surface area contributed by atoms with E-state index in [0.717, 1.165) is 28.3 Å². The van der Waals surface area contributed by atoms with Gasteiger partial charge in [0, 0.05) is 18.3 Å². The number of hydrogen-bond donors (Lipinski definition) is 1. The second-order valence-electron chi connectivity index (χ2n) is 6.75. The van der Waals surface area contributed by atoms with Gasteiger partial charge in [-0.2, -0.15) is 0 Å². The Morgan fingerprint density at radius 3 is 2.69 bits per heavy atom. The number of anilines is 1. The van der Waals surface area contributed by atoms with E-state index in [1.54, 1.807) is 7.11 Å². The summed E-state index contributed by atoms with van der Waals surface area (Å²) in [5, 5.41) is 3.88. The molecule has 29 heavy (non-hydrogen) atoms. The third-order valence-corrected chi connectivity index (χ3v) is 5.07. The van der Waals surface area contributed by atoms with Crippen LogP contribution in [-0.2, 0) is 13.2 Å². The number of hydrogen-bond acceptors (Lipinski definition) is 5. The summed E-state index contributed by atoms with van der Waals surface area (Å²) in [5.74, 6) is 2.65. The Morgan fingerprint density at radius 2 is 1.86 bits per heavy atom. The van der Waals surface area contributed by atoms with Gasteiger partial charge in [0.25, 0.3) is 0 Å². The molecule has 0 bridgehead atoms. The van der Waals surface area contributed by atoms with Crippen LogP contribution in [0.5, 0.6) is 23.0 Å². The summed E-state index contributed by atoms with van der Waals surface area (Å²) in [6.45, 7) is 3.32. The van der Waals surface area contributed by atoms with Gasteiger partial charge in [0.05, 0.1) is 12.1 Å².